The lowest BCUT2D eigenvalue weighted by Crippen LogP contribution is -2.31. The molecule has 4 nitrogen and oxygen atoms in total. The van der Waals surface area contributed by atoms with Crippen molar-refractivity contribution in [3.8, 4) is 0 Å². The van der Waals surface area contributed by atoms with Crippen LogP contribution in [0.1, 0.15) is 22.6 Å². The lowest BCUT2D eigenvalue weighted by Gasteiger charge is -2.15. The Morgan fingerprint density at radius 1 is 1.00 bits per heavy atom. The van der Waals surface area contributed by atoms with Crippen LogP contribution in [0.5, 0.6) is 0 Å². The minimum atomic E-state index is -0.0363. The molecular formula is C24H22N2O2S. The van der Waals surface area contributed by atoms with Gasteiger partial charge in [0.15, 0.2) is 5.17 Å². The van der Waals surface area contributed by atoms with Crippen LogP contribution in [-0.2, 0) is 11.2 Å². The molecule has 2 heterocycles. The van der Waals surface area contributed by atoms with E-state index < -0.39 is 0 Å². The third-order valence-electron chi connectivity index (χ3n) is 4.65. The summed E-state index contributed by atoms with van der Waals surface area (Å²) in [7, 11) is 0. The van der Waals surface area contributed by atoms with Crippen molar-refractivity contribution >= 4 is 34.6 Å². The van der Waals surface area contributed by atoms with Gasteiger partial charge in [-0.3, -0.25) is 9.69 Å². The standard InChI is InChI=1S/C24H22N2O2S/c1-17-8-11-20(12-9-17)25-24-26(15-14-19-6-4-3-5-7-19)23(27)22(29-24)16-21-13-10-18(2)28-21/h3-13,16H,14-15H2,1-2H3/b22-16+,25-24?. The van der Waals surface area contributed by atoms with Crippen molar-refractivity contribution in [2.24, 2.45) is 4.99 Å². The van der Waals surface area contributed by atoms with E-state index in [0.29, 0.717) is 22.4 Å². The summed E-state index contributed by atoms with van der Waals surface area (Å²) in [6.45, 7) is 4.51. The van der Waals surface area contributed by atoms with Crippen LogP contribution in [0.4, 0.5) is 5.69 Å². The first-order valence-corrected chi connectivity index (χ1v) is 10.4. The molecule has 0 saturated carbocycles. The molecular weight excluding hydrogens is 380 g/mol. The van der Waals surface area contributed by atoms with Crippen molar-refractivity contribution < 1.29 is 9.21 Å². The fraction of sp³-hybridized carbons (Fsp3) is 0.167. The number of hydrogen-bond donors (Lipinski definition) is 0. The van der Waals surface area contributed by atoms with Crippen molar-refractivity contribution in [3.05, 3.63) is 94.3 Å². The van der Waals surface area contributed by atoms with Crippen LogP contribution in [0.25, 0.3) is 6.08 Å². The van der Waals surface area contributed by atoms with Gasteiger partial charge in [0.05, 0.1) is 10.6 Å². The zero-order valence-corrected chi connectivity index (χ0v) is 17.3. The van der Waals surface area contributed by atoms with Crippen molar-refractivity contribution in [2.75, 3.05) is 6.54 Å². The average molecular weight is 403 g/mol. The molecule has 0 bridgehead atoms. The van der Waals surface area contributed by atoms with Crippen molar-refractivity contribution in [2.45, 2.75) is 20.3 Å². The Labute approximate surface area is 175 Å². The van der Waals surface area contributed by atoms with Crippen LogP contribution in [-0.4, -0.2) is 22.5 Å². The monoisotopic (exact) mass is 402 g/mol. The number of benzene rings is 2. The average Bonchev–Trinajstić information content (AvgIpc) is 3.26. The maximum Gasteiger partial charge on any atom is 0.266 e. The maximum absolute atomic E-state index is 13.1. The van der Waals surface area contributed by atoms with Gasteiger partial charge in [0.25, 0.3) is 5.91 Å². The van der Waals surface area contributed by atoms with E-state index in [1.165, 1.54) is 22.9 Å². The Balaban J connectivity index is 1.62. The van der Waals surface area contributed by atoms with E-state index >= 15 is 0 Å². The molecule has 1 aromatic heterocycles. The summed E-state index contributed by atoms with van der Waals surface area (Å²) in [5.41, 5.74) is 3.21. The highest BCUT2D eigenvalue weighted by Gasteiger charge is 2.33. The molecule has 0 N–H and O–H groups in total. The number of hydrogen-bond acceptors (Lipinski definition) is 4. The molecule has 0 unspecified atom stereocenters. The number of furan rings is 1. The molecule has 146 valence electrons. The van der Waals surface area contributed by atoms with Crippen molar-refractivity contribution in [3.63, 3.8) is 0 Å². The first-order valence-electron chi connectivity index (χ1n) is 9.55. The van der Waals surface area contributed by atoms with Crippen LogP contribution < -0.4 is 0 Å². The number of aryl methyl sites for hydroxylation is 2. The van der Waals surface area contributed by atoms with Gasteiger partial charge in [-0.2, -0.15) is 0 Å². The molecule has 29 heavy (non-hydrogen) atoms. The van der Waals surface area contributed by atoms with E-state index in [9.17, 15) is 4.79 Å². The zero-order chi connectivity index (χ0) is 20.2. The highest BCUT2D eigenvalue weighted by molar-refractivity contribution is 8.18. The molecule has 2 aromatic carbocycles. The van der Waals surface area contributed by atoms with Gasteiger partial charge in [-0.1, -0.05) is 48.0 Å². The minimum absolute atomic E-state index is 0.0363. The maximum atomic E-state index is 13.1. The van der Waals surface area contributed by atoms with E-state index in [4.69, 9.17) is 9.41 Å². The number of carbonyl (C=O) groups excluding carboxylic acids is 1. The van der Waals surface area contributed by atoms with Crippen LogP contribution in [0.2, 0.25) is 0 Å². The van der Waals surface area contributed by atoms with E-state index in [0.717, 1.165) is 17.9 Å². The molecule has 1 amide bonds. The van der Waals surface area contributed by atoms with Crippen molar-refractivity contribution in [1.82, 2.24) is 4.90 Å². The third kappa shape index (κ3) is 4.69. The normalized spacial score (nSPS) is 16.9. The summed E-state index contributed by atoms with van der Waals surface area (Å²) in [5, 5.41) is 0.698. The second kappa shape index (κ2) is 8.53. The molecule has 1 aliphatic heterocycles. The second-order valence-electron chi connectivity index (χ2n) is 6.98. The molecule has 3 aromatic rings. The summed E-state index contributed by atoms with van der Waals surface area (Å²) in [4.78, 5) is 20.2. The zero-order valence-electron chi connectivity index (χ0n) is 16.5. The Bertz CT molecular complexity index is 1070. The summed E-state index contributed by atoms with van der Waals surface area (Å²) in [5.74, 6) is 1.46. The lowest BCUT2D eigenvalue weighted by atomic mass is 10.1. The number of carbonyl (C=O) groups is 1. The fourth-order valence-corrected chi connectivity index (χ4v) is 4.07. The predicted octanol–water partition coefficient (Wildman–Crippen LogP) is 5.74. The van der Waals surface area contributed by atoms with Crippen LogP contribution in [0.15, 0.2) is 81.0 Å². The van der Waals surface area contributed by atoms with Gasteiger partial charge in [0, 0.05) is 12.6 Å². The number of amides is 1. The number of rotatable bonds is 5. The highest BCUT2D eigenvalue weighted by atomic mass is 32.2. The Kier molecular flexibility index (Phi) is 5.67. The first kappa shape index (κ1) is 19.3. The predicted molar refractivity (Wildman–Crippen MR) is 119 cm³/mol. The Morgan fingerprint density at radius 3 is 2.45 bits per heavy atom. The van der Waals surface area contributed by atoms with Gasteiger partial charge in [0.2, 0.25) is 0 Å². The van der Waals surface area contributed by atoms with E-state index in [-0.39, 0.29) is 5.91 Å². The molecule has 5 heteroatoms. The summed E-state index contributed by atoms with van der Waals surface area (Å²) < 4.78 is 5.62. The van der Waals surface area contributed by atoms with Gasteiger partial charge in [0.1, 0.15) is 11.5 Å². The SMILES string of the molecule is Cc1ccc(N=C2S/C(=C/c3ccc(C)o3)C(=O)N2CCc2ccccc2)cc1. The summed E-state index contributed by atoms with van der Waals surface area (Å²) in [6, 6.07) is 21.9. The Morgan fingerprint density at radius 2 is 1.76 bits per heavy atom. The van der Waals surface area contributed by atoms with E-state index in [1.807, 2.05) is 68.4 Å². The van der Waals surface area contributed by atoms with Gasteiger partial charge in [-0.15, -0.1) is 0 Å². The van der Waals surface area contributed by atoms with Gasteiger partial charge in [-0.25, -0.2) is 4.99 Å². The molecule has 4 rings (SSSR count). The summed E-state index contributed by atoms with van der Waals surface area (Å²) >= 11 is 1.39. The molecule has 0 radical (unpaired) electrons. The number of thioether (sulfide) groups is 1. The smallest absolute Gasteiger partial charge is 0.266 e. The quantitative estimate of drug-likeness (QED) is 0.511. The third-order valence-corrected chi connectivity index (χ3v) is 5.65. The van der Waals surface area contributed by atoms with Crippen LogP contribution in [0, 0.1) is 13.8 Å². The van der Waals surface area contributed by atoms with Gasteiger partial charge in [-0.05, 0) is 61.9 Å². The van der Waals surface area contributed by atoms with Gasteiger partial charge < -0.3 is 4.42 Å². The number of amidine groups is 1. The molecule has 0 aliphatic carbocycles. The fourth-order valence-electron chi connectivity index (χ4n) is 3.06. The molecule has 1 aliphatic rings. The molecule has 1 saturated heterocycles. The highest BCUT2D eigenvalue weighted by Crippen LogP contribution is 2.34. The topological polar surface area (TPSA) is 45.8 Å². The summed E-state index contributed by atoms with van der Waals surface area (Å²) in [6.07, 6.45) is 2.57. The largest absolute Gasteiger partial charge is 0.462 e. The molecule has 0 atom stereocenters. The first-order chi connectivity index (χ1) is 14.1. The molecule has 0 spiro atoms. The molecule has 1 fully saturated rings. The van der Waals surface area contributed by atoms with E-state index in [1.54, 1.807) is 11.0 Å². The lowest BCUT2D eigenvalue weighted by molar-refractivity contribution is -0.122. The van der Waals surface area contributed by atoms with Crippen LogP contribution in [0.3, 0.4) is 0 Å². The van der Waals surface area contributed by atoms with E-state index in [2.05, 4.69) is 12.1 Å². The Hall–Kier alpha value is -3.05. The second-order valence-corrected chi connectivity index (χ2v) is 7.99. The minimum Gasteiger partial charge on any atom is -0.462 e. The van der Waals surface area contributed by atoms with Crippen molar-refractivity contribution in [1.29, 1.82) is 0 Å². The van der Waals surface area contributed by atoms with Crippen LogP contribution >= 0.6 is 11.8 Å². The number of nitrogens with zero attached hydrogens (tertiary/aromatic N) is 2. The van der Waals surface area contributed by atoms with Gasteiger partial charge >= 0.3 is 0 Å². The number of aliphatic imine (C=N–C) groups is 1.